The molecule has 0 bridgehead atoms. The highest BCUT2D eigenvalue weighted by Gasteiger charge is 2.11. The number of hydrogen-bond acceptors (Lipinski definition) is 3. The Hall–Kier alpha value is -0.510. The van der Waals surface area contributed by atoms with E-state index in [-0.39, 0.29) is 6.61 Å². The fourth-order valence-electron chi connectivity index (χ4n) is 2.02. The number of rotatable bonds is 10. The monoisotopic (exact) mass is 295 g/mol. The van der Waals surface area contributed by atoms with E-state index in [2.05, 4.69) is 50.4 Å². The van der Waals surface area contributed by atoms with Crippen LogP contribution in [0.25, 0.3) is 0 Å². The molecule has 0 saturated heterocycles. The lowest BCUT2D eigenvalue weighted by molar-refractivity contribution is 0.250. The van der Waals surface area contributed by atoms with Gasteiger partial charge < -0.3 is 10.4 Å². The first kappa shape index (κ1) is 17.5. The number of aryl methyl sites for hydroxylation is 1. The summed E-state index contributed by atoms with van der Waals surface area (Å²) in [6.07, 6.45) is 2.25. The second kappa shape index (κ2) is 10.3. The highest BCUT2D eigenvalue weighted by atomic mass is 32.2. The summed E-state index contributed by atoms with van der Waals surface area (Å²) in [4.78, 5) is 0. The average molecular weight is 295 g/mol. The van der Waals surface area contributed by atoms with Crippen LogP contribution in [0.15, 0.2) is 24.3 Å². The van der Waals surface area contributed by atoms with Gasteiger partial charge in [0.1, 0.15) is 0 Å². The van der Waals surface area contributed by atoms with Crippen LogP contribution in [0.3, 0.4) is 0 Å². The summed E-state index contributed by atoms with van der Waals surface area (Å²) in [5, 5.41) is 12.7. The first-order chi connectivity index (χ1) is 9.71. The number of benzene rings is 1. The van der Waals surface area contributed by atoms with Crippen molar-refractivity contribution >= 4 is 11.8 Å². The smallest absolute Gasteiger partial charge is 0.0464 e. The molecule has 0 heterocycles. The maximum atomic E-state index is 9.09. The third-order valence-corrected chi connectivity index (χ3v) is 4.80. The zero-order valence-electron chi connectivity index (χ0n) is 13.1. The molecule has 1 aromatic carbocycles. The molecule has 20 heavy (non-hydrogen) atoms. The van der Waals surface area contributed by atoms with Gasteiger partial charge in [0.25, 0.3) is 0 Å². The summed E-state index contributed by atoms with van der Waals surface area (Å²) < 4.78 is 0. The number of thioether (sulfide) groups is 1. The van der Waals surface area contributed by atoms with E-state index in [0.29, 0.717) is 12.0 Å². The van der Waals surface area contributed by atoms with Crippen LogP contribution in [0.5, 0.6) is 0 Å². The van der Waals surface area contributed by atoms with Gasteiger partial charge in [0.15, 0.2) is 0 Å². The van der Waals surface area contributed by atoms with E-state index in [0.717, 1.165) is 30.9 Å². The van der Waals surface area contributed by atoms with Crippen LogP contribution < -0.4 is 5.32 Å². The lowest BCUT2D eigenvalue weighted by Gasteiger charge is -2.20. The standard InChI is InChI=1S/C17H29NOS/c1-4-10-18-17(13-20-12-14(3)11-19)16-8-6-15(5-2)7-9-16/h6-9,14,17-19H,4-5,10-13H2,1-3H3. The van der Waals surface area contributed by atoms with Crippen LogP contribution in [0, 0.1) is 5.92 Å². The molecule has 114 valence electrons. The Morgan fingerprint density at radius 1 is 1.15 bits per heavy atom. The van der Waals surface area contributed by atoms with Gasteiger partial charge in [-0.1, -0.05) is 45.0 Å². The topological polar surface area (TPSA) is 32.3 Å². The van der Waals surface area contributed by atoms with Crippen molar-refractivity contribution in [1.29, 1.82) is 0 Å². The Labute approximate surface area is 128 Å². The van der Waals surface area contributed by atoms with Crippen molar-refractivity contribution in [2.45, 2.75) is 39.7 Å². The van der Waals surface area contributed by atoms with Gasteiger partial charge in [-0.15, -0.1) is 0 Å². The van der Waals surface area contributed by atoms with Gasteiger partial charge in [-0.3, -0.25) is 0 Å². The summed E-state index contributed by atoms with van der Waals surface area (Å²) in [7, 11) is 0. The maximum Gasteiger partial charge on any atom is 0.0464 e. The zero-order valence-corrected chi connectivity index (χ0v) is 13.9. The van der Waals surface area contributed by atoms with Gasteiger partial charge in [-0.05, 0) is 42.2 Å². The molecule has 0 aliphatic heterocycles. The Bertz CT molecular complexity index is 353. The van der Waals surface area contributed by atoms with Crippen LogP contribution in [-0.4, -0.2) is 29.8 Å². The van der Waals surface area contributed by atoms with E-state index in [1.165, 1.54) is 11.1 Å². The molecule has 1 rings (SSSR count). The van der Waals surface area contributed by atoms with Crippen LogP contribution in [-0.2, 0) is 6.42 Å². The van der Waals surface area contributed by atoms with Crippen LogP contribution in [0.2, 0.25) is 0 Å². The Kier molecular flexibility index (Phi) is 8.99. The number of aliphatic hydroxyl groups excluding tert-OH is 1. The van der Waals surface area contributed by atoms with Crippen LogP contribution >= 0.6 is 11.8 Å². The molecule has 0 saturated carbocycles. The van der Waals surface area contributed by atoms with Crippen molar-refractivity contribution in [3.05, 3.63) is 35.4 Å². The minimum Gasteiger partial charge on any atom is -0.396 e. The lowest BCUT2D eigenvalue weighted by Crippen LogP contribution is -2.24. The summed E-state index contributed by atoms with van der Waals surface area (Å²) in [5.74, 6) is 2.47. The minimum absolute atomic E-state index is 0.283. The summed E-state index contributed by atoms with van der Waals surface area (Å²) in [6, 6.07) is 9.38. The second-order valence-corrected chi connectivity index (χ2v) is 6.50. The third kappa shape index (κ3) is 6.29. The highest BCUT2D eigenvalue weighted by Crippen LogP contribution is 2.21. The van der Waals surface area contributed by atoms with E-state index in [9.17, 15) is 0 Å². The van der Waals surface area contributed by atoms with Crippen LogP contribution in [0.1, 0.15) is 44.4 Å². The normalized spacial score (nSPS) is 14.2. The van der Waals surface area contributed by atoms with E-state index < -0.39 is 0 Å². The molecular formula is C17H29NOS. The van der Waals surface area contributed by atoms with Gasteiger partial charge in [-0.25, -0.2) is 0 Å². The predicted octanol–water partition coefficient (Wildman–Crippen LogP) is 3.65. The Balaban J connectivity index is 2.57. The van der Waals surface area contributed by atoms with Crippen molar-refractivity contribution in [2.24, 2.45) is 5.92 Å². The summed E-state index contributed by atoms with van der Waals surface area (Å²) in [6.45, 7) is 7.82. The molecule has 0 aliphatic rings. The predicted molar refractivity (Wildman–Crippen MR) is 90.4 cm³/mol. The molecule has 3 heteroatoms. The molecular weight excluding hydrogens is 266 g/mol. The number of aliphatic hydroxyl groups is 1. The number of nitrogens with one attached hydrogen (secondary N) is 1. The molecule has 2 nitrogen and oxygen atoms in total. The largest absolute Gasteiger partial charge is 0.396 e. The van der Waals surface area contributed by atoms with Gasteiger partial charge >= 0.3 is 0 Å². The molecule has 0 amide bonds. The Morgan fingerprint density at radius 3 is 2.40 bits per heavy atom. The molecule has 2 atom stereocenters. The van der Waals surface area contributed by atoms with Gasteiger partial charge in [0.2, 0.25) is 0 Å². The first-order valence-corrected chi connectivity index (χ1v) is 8.87. The van der Waals surface area contributed by atoms with Crippen molar-refractivity contribution in [3.63, 3.8) is 0 Å². The molecule has 0 aliphatic carbocycles. The molecule has 0 radical (unpaired) electrons. The molecule has 0 spiro atoms. The first-order valence-electron chi connectivity index (χ1n) is 7.72. The lowest BCUT2D eigenvalue weighted by atomic mass is 10.0. The average Bonchev–Trinajstić information content (AvgIpc) is 2.50. The summed E-state index contributed by atoms with van der Waals surface area (Å²) in [5.41, 5.74) is 2.77. The maximum absolute atomic E-state index is 9.09. The van der Waals surface area contributed by atoms with Crippen molar-refractivity contribution < 1.29 is 5.11 Å². The molecule has 0 aromatic heterocycles. The van der Waals surface area contributed by atoms with Gasteiger partial charge in [0, 0.05) is 18.4 Å². The SMILES string of the molecule is CCCNC(CSCC(C)CO)c1ccc(CC)cc1. The fraction of sp³-hybridized carbons (Fsp3) is 0.647. The molecule has 2 N–H and O–H groups in total. The molecule has 0 fully saturated rings. The minimum atomic E-state index is 0.283. The zero-order chi connectivity index (χ0) is 14.8. The Morgan fingerprint density at radius 2 is 1.85 bits per heavy atom. The quantitative estimate of drug-likeness (QED) is 0.691. The second-order valence-electron chi connectivity index (χ2n) is 5.43. The van der Waals surface area contributed by atoms with Crippen molar-refractivity contribution in [1.82, 2.24) is 5.32 Å². The molecule has 2 unspecified atom stereocenters. The summed E-state index contributed by atoms with van der Waals surface area (Å²) >= 11 is 1.93. The number of hydrogen-bond donors (Lipinski definition) is 2. The van der Waals surface area contributed by atoms with Crippen LogP contribution in [0.4, 0.5) is 0 Å². The third-order valence-electron chi connectivity index (χ3n) is 3.43. The van der Waals surface area contributed by atoms with Crippen molar-refractivity contribution in [2.75, 3.05) is 24.7 Å². The van der Waals surface area contributed by atoms with Gasteiger partial charge in [0.05, 0.1) is 0 Å². The van der Waals surface area contributed by atoms with E-state index in [1.54, 1.807) is 0 Å². The van der Waals surface area contributed by atoms with Gasteiger partial charge in [-0.2, -0.15) is 11.8 Å². The molecule has 1 aromatic rings. The van der Waals surface area contributed by atoms with E-state index >= 15 is 0 Å². The van der Waals surface area contributed by atoms with Crippen molar-refractivity contribution in [3.8, 4) is 0 Å². The highest BCUT2D eigenvalue weighted by molar-refractivity contribution is 7.99. The fourth-order valence-corrected chi connectivity index (χ4v) is 3.21. The van der Waals surface area contributed by atoms with E-state index in [4.69, 9.17) is 5.11 Å². The van der Waals surface area contributed by atoms with E-state index in [1.807, 2.05) is 11.8 Å².